The SMILES string of the molecule is C=CC(=O)N1CCC(Cc2cc(N(C)C)ncn2)C1. The number of aromatic nitrogens is 2. The Balaban J connectivity index is 1.97. The molecule has 102 valence electrons. The van der Waals surface area contributed by atoms with Crippen molar-refractivity contribution in [1.29, 1.82) is 0 Å². The third-order valence-electron chi connectivity index (χ3n) is 3.44. The second kappa shape index (κ2) is 5.82. The van der Waals surface area contributed by atoms with E-state index in [4.69, 9.17) is 0 Å². The first-order valence-electron chi connectivity index (χ1n) is 6.49. The minimum Gasteiger partial charge on any atom is -0.363 e. The van der Waals surface area contributed by atoms with Crippen molar-refractivity contribution in [2.45, 2.75) is 12.8 Å². The fraction of sp³-hybridized carbons (Fsp3) is 0.500. The quantitative estimate of drug-likeness (QED) is 0.761. The van der Waals surface area contributed by atoms with Crippen LogP contribution in [0.4, 0.5) is 5.82 Å². The molecule has 2 heterocycles. The molecular formula is C14H20N4O. The molecule has 2 rings (SSSR count). The van der Waals surface area contributed by atoms with E-state index in [1.165, 1.54) is 6.08 Å². The van der Waals surface area contributed by atoms with Gasteiger partial charge in [0.05, 0.1) is 0 Å². The molecule has 0 saturated carbocycles. The van der Waals surface area contributed by atoms with Crippen molar-refractivity contribution in [1.82, 2.24) is 14.9 Å². The highest BCUT2D eigenvalue weighted by atomic mass is 16.2. The summed E-state index contributed by atoms with van der Waals surface area (Å²) in [7, 11) is 3.93. The predicted octanol–water partition coefficient (Wildman–Crippen LogP) is 1.12. The van der Waals surface area contributed by atoms with E-state index in [1.54, 1.807) is 6.33 Å². The van der Waals surface area contributed by atoms with Gasteiger partial charge in [0.25, 0.3) is 0 Å². The van der Waals surface area contributed by atoms with Gasteiger partial charge in [-0.3, -0.25) is 4.79 Å². The van der Waals surface area contributed by atoms with Crippen LogP contribution in [0.1, 0.15) is 12.1 Å². The molecule has 1 aromatic rings. The van der Waals surface area contributed by atoms with Crippen molar-refractivity contribution in [2.75, 3.05) is 32.1 Å². The molecule has 0 spiro atoms. The Hall–Kier alpha value is -1.91. The van der Waals surface area contributed by atoms with Gasteiger partial charge in [-0.2, -0.15) is 0 Å². The molecule has 1 aliphatic rings. The van der Waals surface area contributed by atoms with E-state index in [9.17, 15) is 4.79 Å². The predicted molar refractivity (Wildman–Crippen MR) is 74.9 cm³/mol. The Kier molecular flexibility index (Phi) is 4.14. The Bertz CT molecular complexity index is 472. The molecule has 1 saturated heterocycles. The van der Waals surface area contributed by atoms with E-state index in [0.29, 0.717) is 5.92 Å². The number of hydrogen-bond acceptors (Lipinski definition) is 4. The van der Waals surface area contributed by atoms with Crippen LogP contribution in [0, 0.1) is 5.92 Å². The van der Waals surface area contributed by atoms with Gasteiger partial charge in [-0.15, -0.1) is 0 Å². The van der Waals surface area contributed by atoms with Gasteiger partial charge in [0, 0.05) is 38.9 Å². The molecular weight excluding hydrogens is 240 g/mol. The number of nitrogens with zero attached hydrogens (tertiary/aromatic N) is 4. The van der Waals surface area contributed by atoms with E-state index in [0.717, 1.165) is 37.4 Å². The second-order valence-electron chi connectivity index (χ2n) is 5.11. The lowest BCUT2D eigenvalue weighted by atomic mass is 10.0. The van der Waals surface area contributed by atoms with Gasteiger partial charge in [-0.1, -0.05) is 6.58 Å². The number of carbonyl (C=O) groups excluding carboxylic acids is 1. The van der Waals surface area contributed by atoms with Gasteiger partial charge in [0.1, 0.15) is 12.1 Å². The van der Waals surface area contributed by atoms with Gasteiger partial charge in [-0.05, 0) is 24.8 Å². The van der Waals surface area contributed by atoms with Crippen LogP contribution in [0.5, 0.6) is 0 Å². The molecule has 5 nitrogen and oxygen atoms in total. The first-order chi connectivity index (χ1) is 9.10. The van der Waals surface area contributed by atoms with Crippen molar-refractivity contribution in [3.8, 4) is 0 Å². The van der Waals surface area contributed by atoms with Crippen LogP contribution in [0.25, 0.3) is 0 Å². The lowest BCUT2D eigenvalue weighted by Crippen LogP contribution is -2.26. The summed E-state index contributed by atoms with van der Waals surface area (Å²) in [4.78, 5) is 23.9. The van der Waals surface area contributed by atoms with Crippen molar-refractivity contribution in [2.24, 2.45) is 5.92 Å². The van der Waals surface area contributed by atoms with Crippen LogP contribution in [0.2, 0.25) is 0 Å². The summed E-state index contributed by atoms with van der Waals surface area (Å²) in [6, 6.07) is 2.01. The molecule has 1 atom stereocenters. The molecule has 0 aliphatic carbocycles. The fourth-order valence-corrected chi connectivity index (χ4v) is 2.37. The maximum absolute atomic E-state index is 11.5. The molecule has 1 aliphatic heterocycles. The fourth-order valence-electron chi connectivity index (χ4n) is 2.37. The Morgan fingerprint density at radius 2 is 2.37 bits per heavy atom. The van der Waals surface area contributed by atoms with E-state index >= 15 is 0 Å². The Morgan fingerprint density at radius 3 is 3.05 bits per heavy atom. The molecule has 19 heavy (non-hydrogen) atoms. The zero-order valence-corrected chi connectivity index (χ0v) is 11.5. The van der Waals surface area contributed by atoms with Crippen LogP contribution in [0.3, 0.4) is 0 Å². The van der Waals surface area contributed by atoms with Gasteiger partial charge in [0.15, 0.2) is 0 Å². The smallest absolute Gasteiger partial charge is 0.245 e. The van der Waals surface area contributed by atoms with Gasteiger partial charge in [-0.25, -0.2) is 9.97 Å². The Labute approximate surface area is 114 Å². The topological polar surface area (TPSA) is 49.3 Å². The number of hydrogen-bond donors (Lipinski definition) is 0. The maximum Gasteiger partial charge on any atom is 0.245 e. The molecule has 5 heteroatoms. The van der Waals surface area contributed by atoms with E-state index in [-0.39, 0.29) is 5.91 Å². The number of likely N-dealkylation sites (tertiary alicyclic amines) is 1. The molecule has 0 N–H and O–H groups in total. The zero-order chi connectivity index (χ0) is 13.8. The summed E-state index contributed by atoms with van der Waals surface area (Å²) < 4.78 is 0. The van der Waals surface area contributed by atoms with Crippen LogP contribution in [-0.4, -0.2) is 48.0 Å². The molecule has 1 unspecified atom stereocenters. The van der Waals surface area contributed by atoms with E-state index in [2.05, 4.69) is 16.5 Å². The largest absolute Gasteiger partial charge is 0.363 e. The first-order valence-corrected chi connectivity index (χ1v) is 6.49. The molecule has 1 aromatic heterocycles. The standard InChI is InChI=1S/C14H20N4O/c1-4-14(19)18-6-5-11(9-18)7-12-8-13(17(2)3)16-10-15-12/h4,8,10-11H,1,5-7,9H2,2-3H3. The average Bonchev–Trinajstić information content (AvgIpc) is 2.86. The summed E-state index contributed by atoms with van der Waals surface area (Å²) in [5.41, 5.74) is 1.04. The van der Waals surface area contributed by atoms with E-state index < -0.39 is 0 Å². The van der Waals surface area contributed by atoms with Crippen molar-refractivity contribution < 1.29 is 4.79 Å². The minimum atomic E-state index is 0.0270. The summed E-state index contributed by atoms with van der Waals surface area (Å²) in [5, 5.41) is 0. The highest BCUT2D eigenvalue weighted by molar-refractivity contribution is 5.87. The van der Waals surface area contributed by atoms with Crippen LogP contribution >= 0.6 is 0 Å². The van der Waals surface area contributed by atoms with Gasteiger partial charge < -0.3 is 9.80 Å². The second-order valence-corrected chi connectivity index (χ2v) is 5.11. The minimum absolute atomic E-state index is 0.0270. The highest BCUT2D eigenvalue weighted by Crippen LogP contribution is 2.21. The molecule has 0 radical (unpaired) electrons. The molecule has 0 aromatic carbocycles. The third-order valence-corrected chi connectivity index (χ3v) is 3.44. The molecule has 0 bridgehead atoms. The van der Waals surface area contributed by atoms with Gasteiger partial charge >= 0.3 is 0 Å². The summed E-state index contributed by atoms with van der Waals surface area (Å²) in [6.07, 6.45) is 4.91. The molecule has 1 amide bonds. The molecule has 1 fully saturated rings. The monoisotopic (exact) mass is 260 g/mol. The van der Waals surface area contributed by atoms with Crippen LogP contribution in [0.15, 0.2) is 25.0 Å². The van der Waals surface area contributed by atoms with Crippen LogP contribution < -0.4 is 4.90 Å². The number of rotatable bonds is 4. The van der Waals surface area contributed by atoms with Crippen LogP contribution in [-0.2, 0) is 11.2 Å². The van der Waals surface area contributed by atoms with Crippen molar-refractivity contribution in [3.63, 3.8) is 0 Å². The Morgan fingerprint density at radius 1 is 1.58 bits per heavy atom. The highest BCUT2D eigenvalue weighted by Gasteiger charge is 2.25. The zero-order valence-electron chi connectivity index (χ0n) is 11.5. The lowest BCUT2D eigenvalue weighted by Gasteiger charge is -2.15. The van der Waals surface area contributed by atoms with E-state index in [1.807, 2.05) is 30.0 Å². The average molecular weight is 260 g/mol. The third kappa shape index (κ3) is 3.30. The van der Waals surface area contributed by atoms with Crippen molar-refractivity contribution >= 4 is 11.7 Å². The first kappa shape index (κ1) is 13.5. The summed E-state index contributed by atoms with van der Waals surface area (Å²) in [6.45, 7) is 5.15. The normalized spacial score (nSPS) is 18.4. The van der Waals surface area contributed by atoms with Crippen molar-refractivity contribution in [3.05, 3.63) is 30.7 Å². The summed E-state index contributed by atoms with van der Waals surface area (Å²) >= 11 is 0. The lowest BCUT2D eigenvalue weighted by molar-refractivity contribution is -0.125. The van der Waals surface area contributed by atoms with Gasteiger partial charge in [0.2, 0.25) is 5.91 Å². The summed E-state index contributed by atoms with van der Waals surface area (Å²) in [5.74, 6) is 1.43. The number of amides is 1. The number of anilines is 1. The number of carbonyl (C=O) groups is 1. The maximum atomic E-state index is 11.5.